The maximum absolute atomic E-state index is 6.06. The first-order valence-electron chi connectivity index (χ1n) is 7.10. The Bertz CT molecular complexity index is 484. The first-order chi connectivity index (χ1) is 9.47. The third-order valence-electron chi connectivity index (χ3n) is 3.37. The number of guanidine groups is 1. The molecule has 0 spiro atoms. The summed E-state index contributed by atoms with van der Waals surface area (Å²) in [6.07, 6.45) is 0.215. The van der Waals surface area contributed by atoms with Crippen molar-refractivity contribution in [3.63, 3.8) is 0 Å². The Labute approximate surface area is 124 Å². The Morgan fingerprint density at radius 1 is 1.60 bits per heavy atom. The molecular weight excluding hydrogens is 272 g/mol. The van der Waals surface area contributed by atoms with Crippen molar-refractivity contribution in [1.82, 2.24) is 9.88 Å². The fourth-order valence-corrected chi connectivity index (χ4v) is 3.36. The van der Waals surface area contributed by atoms with Gasteiger partial charge in [0.25, 0.3) is 0 Å². The third-order valence-corrected chi connectivity index (χ3v) is 4.34. The van der Waals surface area contributed by atoms with Gasteiger partial charge in [-0.1, -0.05) is 13.8 Å². The molecule has 1 atom stereocenters. The van der Waals surface area contributed by atoms with Crippen molar-refractivity contribution in [2.75, 3.05) is 19.7 Å². The highest BCUT2D eigenvalue weighted by Crippen LogP contribution is 2.24. The molecule has 1 saturated heterocycles. The van der Waals surface area contributed by atoms with Crippen molar-refractivity contribution in [3.8, 4) is 0 Å². The van der Waals surface area contributed by atoms with E-state index >= 15 is 0 Å². The van der Waals surface area contributed by atoms with Crippen LogP contribution in [-0.4, -0.2) is 41.6 Å². The molecule has 1 aromatic heterocycles. The minimum Gasteiger partial charge on any atom is -0.375 e. The molecule has 0 saturated carbocycles. The van der Waals surface area contributed by atoms with E-state index in [4.69, 9.17) is 10.5 Å². The fraction of sp³-hybridized carbons (Fsp3) is 0.714. The number of aromatic nitrogens is 1. The molecule has 0 bridgehead atoms. The summed E-state index contributed by atoms with van der Waals surface area (Å²) >= 11 is 1.71. The topological polar surface area (TPSA) is 63.7 Å². The molecule has 2 N–H and O–H groups in total. The van der Waals surface area contributed by atoms with Gasteiger partial charge in [0.05, 0.1) is 24.9 Å². The zero-order chi connectivity index (χ0) is 14.7. The van der Waals surface area contributed by atoms with Crippen LogP contribution in [-0.2, 0) is 11.3 Å². The number of rotatable bonds is 3. The molecule has 0 aromatic carbocycles. The molecule has 1 fully saturated rings. The van der Waals surface area contributed by atoms with Crippen molar-refractivity contribution in [2.24, 2.45) is 10.7 Å². The van der Waals surface area contributed by atoms with Gasteiger partial charge in [0, 0.05) is 18.0 Å². The molecule has 5 nitrogen and oxygen atoms in total. The number of nitrogens with zero attached hydrogens (tertiary/aromatic N) is 3. The number of hydrogen-bond acceptors (Lipinski definition) is 4. The zero-order valence-corrected chi connectivity index (χ0v) is 13.5. The van der Waals surface area contributed by atoms with Crippen LogP contribution >= 0.6 is 11.3 Å². The van der Waals surface area contributed by atoms with E-state index in [1.54, 1.807) is 11.3 Å². The highest BCUT2D eigenvalue weighted by Gasteiger charge is 2.18. The lowest BCUT2D eigenvalue weighted by molar-refractivity contribution is 0.00529. The summed E-state index contributed by atoms with van der Waals surface area (Å²) in [5.74, 6) is 1.06. The van der Waals surface area contributed by atoms with E-state index in [1.807, 2.05) is 0 Å². The van der Waals surface area contributed by atoms with E-state index in [0.29, 0.717) is 25.0 Å². The molecule has 20 heavy (non-hydrogen) atoms. The van der Waals surface area contributed by atoms with Crippen LogP contribution in [0.4, 0.5) is 0 Å². The molecule has 2 heterocycles. The van der Waals surface area contributed by atoms with Gasteiger partial charge in [-0.15, -0.1) is 11.3 Å². The first-order valence-corrected chi connectivity index (χ1v) is 7.91. The summed E-state index contributed by atoms with van der Waals surface area (Å²) in [6, 6.07) is 0. The van der Waals surface area contributed by atoms with Crippen molar-refractivity contribution in [3.05, 3.63) is 15.6 Å². The highest BCUT2D eigenvalue weighted by atomic mass is 32.1. The van der Waals surface area contributed by atoms with Crippen molar-refractivity contribution in [1.29, 1.82) is 0 Å². The second-order valence-corrected chi connectivity index (χ2v) is 6.79. The summed E-state index contributed by atoms with van der Waals surface area (Å²) < 4.78 is 5.50. The Hall–Kier alpha value is -1.14. The Morgan fingerprint density at radius 3 is 2.95 bits per heavy atom. The number of hydrogen-bond donors (Lipinski definition) is 1. The molecule has 1 aliphatic rings. The van der Waals surface area contributed by atoms with Crippen molar-refractivity contribution in [2.45, 2.75) is 46.3 Å². The minimum absolute atomic E-state index is 0.215. The number of aryl methyl sites for hydroxylation is 1. The van der Waals surface area contributed by atoms with Crippen LogP contribution in [0.3, 0.4) is 0 Å². The van der Waals surface area contributed by atoms with Crippen molar-refractivity contribution >= 4 is 17.3 Å². The monoisotopic (exact) mass is 296 g/mol. The van der Waals surface area contributed by atoms with Crippen LogP contribution in [0.15, 0.2) is 4.99 Å². The average molecular weight is 296 g/mol. The number of ether oxygens (including phenoxy) is 1. The summed E-state index contributed by atoms with van der Waals surface area (Å²) in [6.45, 7) is 11.4. The van der Waals surface area contributed by atoms with Gasteiger partial charge in [0.15, 0.2) is 5.96 Å². The fourth-order valence-electron chi connectivity index (χ4n) is 2.34. The maximum atomic E-state index is 6.06. The molecule has 0 aliphatic carbocycles. The minimum atomic E-state index is 0.215. The zero-order valence-electron chi connectivity index (χ0n) is 12.7. The molecule has 1 unspecified atom stereocenters. The largest absolute Gasteiger partial charge is 0.375 e. The smallest absolute Gasteiger partial charge is 0.191 e. The van der Waals surface area contributed by atoms with Crippen LogP contribution in [0.1, 0.15) is 42.3 Å². The Balaban J connectivity index is 1.99. The summed E-state index contributed by atoms with van der Waals surface area (Å²) in [4.78, 5) is 12.5. The van der Waals surface area contributed by atoms with E-state index in [-0.39, 0.29) is 6.10 Å². The average Bonchev–Trinajstić information content (AvgIpc) is 2.77. The normalized spacial score (nSPS) is 20.8. The lowest BCUT2D eigenvalue weighted by Crippen LogP contribution is -2.47. The molecule has 2 rings (SSSR count). The van der Waals surface area contributed by atoms with E-state index in [9.17, 15) is 0 Å². The first kappa shape index (κ1) is 15.3. The van der Waals surface area contributed by atoms with E-state index in [1.165, 1.54) is 10.6 Å². The van der Waals surface area contributed by atoms with Crippen molar-refractivity contribution < 1.29 is 4.74 Å². The maximum Gasteiger partial charge on any atom is 0.191 e. The lowest BCUT2D eigenvalue weighted by Gasteiger charge is -2.31. The highest BCUT2D eigenvalue weighted by molar-refractivity contribution is 7.11. The SMILES string of the molecule is Cc1sc(CN=C(N)N2CCOC(C)C2)nc1C(C)C. The van der Waals surface area contributed by atoms with E-state index in [2.05, 4.69) is 42.6 Å². The molecule has 1 aliphatic heterocycles. The Morgan fingerprint density at radius 2 is 2.35 bits per heavy atom. The van der Waals surface area contributed by atoms with Gasteiger partial charge < -0.3 is 15.4 Å². The van der Waals surface area contributed by atoms with Crippen LogP contribution in [0.5, 0.6) is 0 Å². The van der Waals surface area contributed by atoms with Gasteiger partial charge in [-0.05, 0) is 19.8 Å². The lowest BCUT2D eigenvalue weighted by atomic mass is 10.1. The van der Waals surface area contributed by atoms with Crippen LogP contribution in [0.2, 0.25) is 0 Å². The molecular formula is C14H24N4OS. The predicted molar refractivity (Wildman–Crippen MR) is 83.3 cm³/mol. The number of thiazole rings is 1. The summed E-state index contributed by atoms with van der Waals surface area (Å²) in [7, 11) is 0. The number of nitrogens with two attached hydrogens (primary N) is 1. The van der Waals surface area contributed by atoms with Gasteiger partial charge in [0.1, 0.15) is 5.01 Å². The van der Waals surface area contributed by atoms with Crippen LogP contribution in [0, 0.1) is 6.92 Å². The van der Waals surface area contributed by atoms with E-state index < -0.39 is 0 Å². The number of aliphatic imine (C=N–C) groups is 1. The van der Waals surface area contributed by atoms with Gasteiger partial charge in [0.2, 0.25) is 0 Å². The summed E-state index contributed by atoms with van der Waals surface area (Å²) in [5.41, 5.74) is 7.24. The molecule has 6 heteroatoms. The van der Waals surface area contributed by atoms with Gasteiger partial charge in [-0.3, -0.25) is 0 Å². The third kappa shape index (κ3) is 3.70. The molecule has 112 valence electrons. The van der Waals surface area contributed by atoms with Gasteiger partial charge >= 0.3 is 0 Å². The number of morpholine rings is 1. The quantitative estimate of drug-likeness (QED) is 0.685. The second kappa shape index (κ2) is 6.54. The predicted octanol–water partition coefficient (Wildman–Crippen LogP) is 2.11. The standard InChI is InChI=1S/C14H24N4OS/c1-9(2)13-11(4)20-12(17-13)7-16-14(15)18-5-6-19-10(3)8-18/h9-10H,5-8H2,1-4H3,(H2,15,16). The van der Waals surface area contributed by atoms with Crippen LogP contribution in [0.25, 0.3) is 0 Å². The molecule has 0 radical (unpaired) electrons. The summed E-state index contributed by atoms with van der Waals surface area (Å²) in [5, 5.41) is 1.04. The molecule has 1 aromatic rings. The molecule has 0 amide bonds. The van der Waals surface area contributed by atoms with Crippen LogP contribution < -0.4 is 5.73 Å². The Kier molecular flexibility index (Phi) is 4.99. The van der Waals surface area contributed by atoms with E-state index in [0.717, 1.165) is 18.1 Å². The second-order valence-electron chi connectivity index (χ2n) is 5.51. The van der Waals surface area contributed by atoms with Gasteiger partial charge in [-0.25, -0.2) is 9.98 Å². The van der Waals surface area contributed by atoms with Gasteiger partial charge in [-0.2, -0.15) is 0 Å².